The first-order chi connectivity index (χ1) is 12.6. The van der Waals surface area contributed by atoms with E-state index in [1.54, 1.807) is 6.07 Å². The van der Waals surface area contributed by atoms with Gasteiger partial charge in [0.15, 0.2) is 0 Å². The van der Waals surface area contributed by atoms with E-state index in [0.717, 1.165) is 25.1 Å². The van der Waals surface area contributed by atoms with Crippen LogP contribution in [0.5, 0.6) is 0 Å². The van der Waals surface area contributed by atoms with Crippen LogP contribution in [-0.4, -0.2) is 47.8 Å². The van der Waals surface area contributed by atoms with Crippen molar-refractivity contribution in [2.45, 2.75) is 46.1 Å². The fraction of sp³-hybridized carbons (Fsp3) is 0.600. The van der Waals surface area contributed by atoms with Gasteiger partial charge in [-0.2, -0.15) is 0 Å². The predicted molar refractivity (Wildman–Crippen MR) is 110 cm³/mol. The van der Waals surface area contributed by atoms with Gasteiger partial charge in [-0.15, -0.1) is 0 Å². The van der Waals surface area contributed by atoms with Crippen LogP contribution in [0, 0.1) is 5.41 Å². The highest BCUT2D eigenvalue weighted by atomic mass is 35.5. The molecule has 0 saturated carbocycles. The summed E-state index contributed by atoms with van der Waals surface area (Å²) in [6.07, 6.45) is 1.87. The molecule has 1 atom stereocenters. The van der Waals surface area contributed by atoms with E-state index in [1.165, 1.54) is 0 Å². The third-order valence-electron chi connectivity index (χ3n) is 4.91. The molecule has 27 heavy (non-hydrogen) atoms. The molecule has 0 aliphatic carbocycles. The van der Waals surface area contributed by atoms with Crippen molar-refractivity contribution >= 4 is 35.0 Å². The Morgan fingerprint density at radius 1 is 1.11 bits per heavy atom. The van der Waals surface area contributed by atoms with Crippen LogP contribution in [0.1, 0.15) is 51.6 Å². The highest BCUT2D eigenvalue weighted by Gasteiger charge is 2.32. The van der Waals surface area contributed by atoms with E-state index in [0.29, 0.717) is 36.0 Å². The smallest absolute Gasteiger partial charge is 0.228 e. The van der Waals surface area contributed by atoms with Gasteiger partial charge in [-0.3, -0.25) is 14.5 Å². The number of hydrogen-bond donors (Lipinski definition) is 1. The number of carbonyl (C=O) groups is 2. The maximum atomic E-state index is 12.5. The third-order valence-corrected chi connectivity index (χ3v) is 5.65. The monoisotopic (exact) mass is 413 g/mol. The quantitative estimate of drug-likeness (QED) is 0.768. The molecule has 2 N–H and O–H groups in total. The molecule has 5 nitrogen and oxygen atoms in total. The Morgan fingerprint density at radius 3 is 2.26 bits per heavy atom. The molecule has 7 heteroatoms. The van der Waals surface area contributed by atoms with E-state index in [4.69, 9.17) is 28.9 Å². The summed E-state index contributed by atoms with van der Waals surface area (Å²) in [6.45, 7) is 8.80. The Morgan fingerprint density at radius 2 is 1.74 bits per heavy atom. The molecule has 0 radical (unpaired) electrons. The zero-order chi connectivity index (χ0) is 20.2. The van der Waals surface area contributed by atoms with Crippen LogP contribution in [0.4, 0.5) is 0 Å². The lowest BCUT2D eigenvalue weighted by Gasteiger charge is -2.41. The molecule has 0 spiro atoms. The van der Waals surface area contributed by atoms with Gasteiger partial charge < -0.3 is 10.6 Å². The molecule has 1 aliphatic heterocycles. The van der Waals surface area contributed by atoms with E-state index in [9.17, 15) is 9.59 Å². The summed E-state index contributed by atoms with van der Waals surface area (Å²) >= 11 is 12.3. The molecule has 0 bridgehead atoms. The Balaban J connectivity index is 2.11. The van der Waals surface area contributed by atoms with Gasteiger partial charge >= 0.3 is 0 Å². The summed E-state index contributed by atoms with van der Waals surface area (Å²) in [5.41, 5.74) is 6.00. The average Bonchev–Trinajstić information content (AvgIpc) is 2.60. The van der Waals surface area contributed by atoms with Gasteiger partial charge in [0, 0.05) is 44.1 Å². The van der Waals surface area contributed by atoms with Crippen molar-refractivity contribution in [2.75, 3.05) is 26.2 Å². The number of nitrogens with two attached hydrogens (primary N) is 1. The maximum absolute atomic E-state index is 12.5. The minimum atomic E-state index is -0.368. The molecular formula is C20H29Cl2N3O2. The number of amides is 2. The summed E-state index contributed by atoms with van der Waals surface area (Å²) in [5.74, 6) is -0.106. The molecule has 0 aromatic heterocycles. The molecule has 1 heterocycles. The highest BCUT2D eigenvalue weighted by Crippen LogP contribution is 2.32. The minimum absolute atomic E-state index is 0.117. The Bertz CT molecular complexity index is 680. The molecule has 1 fully saturated rings. The molecule has 2 rings (SSSR count). The van der Waals surface area contributed by atoms with E-state index >= 15 is 0 Å². The van der Waals surface area contributed by atoms with Crippen molar-refractivity contribution in [3.63, 3.8) is 0 Å². The molecule has 2 amide bonds. The van der Waals surface area contributed by atoms with Crippen LogP contribution in [0.15, 0.2) is 18.2 Å². The Hall–Kier alpha value is -1.30. The lowest BCUT2D eigenvalue weighted by molar-refractivity contribution is -0.141. The van der Waals surface area contributed by atoms with E-state index in [1.807, 2.05) is 37.8 Å². The topological polar surface area (TPSA) is 66.6 Å². The molecule has 1 aromatic rings. The van der Waals surface area contributed by atoms with Crippen LogP contribution in [0.2, 0.25) is 10.0 Å². The summed E-state index contributed by atoms with van der Waals surface area (Å²) in [6, 6.07) is 5.80. The van der Waals surface area contributed by atoms with Crippen molar-refractivity contribution in [1.82, 2.24) is 9.80 Å². The minimum Gasteiger partial charge on any atom is -0.370 e. The molecule has 1 saturated heterocycles. The summed E-state index contributed by atoms with van der Waals surface area (Å²) in [7, 11) is 0. The normalized spacial score (nSPS) is 17.0. The van der Waals surface area contributed by atoms with Crippen LogP contribution in [0.25, 0.3) is 0 Å². The van der Waals surface area contributed by atoms with Crippen molar-refractivity contribution in [3.8, 4) is 0 Å². The van der Waals surface area contributed by atoms with Crippen LogP contribution in [-0.2, 0) is 9.59 Å². The van der Waals surface area contributed by atoms with Gasteiger partial charge in [0.1, 0.15) is 0 Å². The highest BCUT2D eigenvalue weighted by molar-refractivity contribution is 6.42. The van der Waals surface area contributed by atoms with Gasteiger partial charge in [0.2, 0.25) is 11.8 Å². The van der Waals surface area contributed by atoms with Gasteiger partial charge in [0.25, 0.3) is 0 Å². The molecule has 1 unspecified atom stereocenters. The van der Waals surface area contributed by atoms with Gasteiger partial charge in [-0.1, -0.05) is 50.0 Å². The van der Waals surface area contributed by atoms with E-state index < -0.39 is 0 Å². The van der Waals surface area contributed by atoms with Crippen LogP contribution in [0.3, 0.4) is 0 Å². The SMILES string of the molecule is CC(C)(C)C(=O)N1CCN(C(CCCC(N)=O)c2ccc(Cl)c(Cl)c2)CC1. The fourth-order valence-electron chi connectivity index (χ4n) is 3.46. The zero-order valence-corrected chi connectivity index (χ0v) is 17.8. The predicted octanol–water partition coefficient (Wildman–Crippen LogP) is 3.88. The largest absolute Gasteiger partial charge is 0.370 e. The standard InChI is InChI=1S/C20H29Cl2N3O2/c1-20(2,3)19(27)25-11-9-24(10-12-25)17(5-4-6-18(23)26)14-7-8-15(21)16(22)13-14/h7-8,13,17H,4-6,9-12H2,1-3H3,(H2,23,26). The molecule has 1 aromatic carbocycles. The van der Waals surface area contributed by atoms with Crippen molar-refractivity contribution in [2.24, 2.45) is 11.1 Å². The summed E-state index contributed by atoms with van der Waals surface area (Å²) in [5, 5.41) is 1.05. The molecule has 1 aliphatic rings. The zero-order valence-electron chi connectivity index (χ0n) is 16.3. The number of carbonyl (C=O) groups excluding carboxylic acids is 2. The van der Waals surface area contributed by atoms with E-state index in [-0.39, 0.29) is 23.3 Å². The Kier molecular flexibility index (Phi) is 7.55. The van der Waals surface area contributed by atoms with Crippen molar-refractivity contribution < 1.29 is 9.59 Å². The first kappa shape index (κ1) is 22.0. The lowest BCUT2D eigenvalue weighted by atomic mass is 9.94. The number of rotatable bonds is 6. The van der Waals surface area contributed by atoms with Crippen molar-refractivity contribution in [3.05, 3.63) is 33.8 Å². The second-order valence-corrected chi connectivity index (χ2v) is 8.94. The maximum Gasteiger partial charge on any atom is 0.228 e. The fourth-order valence-corrected chi connectivity index (χ4v) is 3.77. The van der Waals surface area contributed by atoms with Gasteiger partial charge in [-0.05, 0) is 30.5 Å². The average molecular weight is 414 g/mol. The van der Waals surface area contributed by atoms with Gasteiger partial charge in [0.05, 0.1) is 10.0 Å². The second-order valence-electron chi connectivity index (χ2n) is 8.13. The number of nitrogens with zero attached hydrogens (tertiary/aromatic N) is 2. The first-order valence-corrected chi connectivity index (χ1v) is 10.1. The van der Waals surface area contributed by atoms with E-state index in [2.05, 4.69) is 4.90 Å². The van der Waals surface area contributed by atoms with Crippen molar-refractivity contribution in [1.29, 1.82) is 0 Å². The number of primary amides is 1. The number of piperazine rings is 1. The van der Waals surface area contributed by atoms with Gasteiger partial charge in [-0.25, -0.2) is 0 Å². The van der Waals surface area contributed by atoms with Crippen LogP contribution >= 0.6 is 23.2 Å². The molecular weight excluding hydrogens is 385 g/mol. The molecule has 150 valence electrons. The Labute approximate surface area is 171 Å². The van der Waals surface area contributed by atoms with Crippen LogP contribution < -0.4 is 5.73 Å². The third kappa shape index (κ3) is 6.09. The number of hydrogen-bond acceptors (Lipinski definition) is 3. The summed E-state index contributed by atoms with van der Waals surface area (Å²) in [4.78, 5) is 27.9. The number of halogens is 2. The number of benzene rings is 1. The summed E-state index contributed by atoms with van der Waals surface area (Å²) < 4.78 is 0. The first-order valence-electron chi connectivity index (χ1n) is 9.36. The second kappa shape index (κ2) is 9.26. The lowest BCUT2D eigenvalue weighted by Crippen LogP contribution is -2.52.